The van der Waals surface area contributed by atoms with Crippen molar-refractivity contribution in [2.45, 2.75) is 63.5 Å². The lowest BCUT2D eigenvalue weighted by Gasteiger charge is -2.34. The van der Waals surface area contributed by atoms with Gasteiger partial charge < -0.3 is 15.9 Å². The summed E-state index contributed by atoms with van der Waals surface area (Å²) in [6.07, 6.45) is 7.43. The number of aliphatic hydroxyl groups is 1. The Balaban J connectivity index is 1.73. The Labute approximate surface area is 109 Å². The van der Waals surface area contributed by atoms with Crippen LogP contribution >= 0.6 is 0 Å². The van der Waals surface area contributed by atoms with Gasteiger partial charge in [0.25, 0.3) is 0 Å². The number of nitrogens with two attached hydrogens (primary N) is 1. The highest BCUT2D eigenvalue weighted by atomic mass is 16.4. The van der Waals surface area contributed by atoms with Crippen molar-refractivity contribution in [1.82, 2.24) is 0 Å². The van der Waals surface area contributed by atoms with Crippen LogP contribution in [0.4, 0.5) is 0 Å². The molecule has 18 heavy (non-hydrogen) atoms. The Kier molecular flexibility index (Phi) is 4.62. The van der Waals surface area contributed by atoms with Gasteiger partial charge in [-0.3, -0.25) is 4.79 Å². The third kappa shape index (κ3) is 3.45. The maximum atomic E-state index is 10.9. The first-order chi connectivity index (χ1) is 8.56. The van der Waals surface area contributed by atoms with Crippen molar-refractivity contribution in [1.29, 1.82) is 0 Å². The molecule has 0 heterocycles. The molecule has 0 aliphatic heterocycles. The molecule has 3 atom stereocenters. The predicted molar refractivity (Wildman–Crippen MR) is 69.0 cm³/mol. The fraction of sp³-hybridized carbons (Fsp3) is 0.929. The van der Waals surface area contributed by atoms with Crippen molar-refractivity contribution in [2.75, 3.05) is 0 Å². The molecule has 0 aromatic rings. The van der Waals surface area contributed by atoms with E-state index in [1.807, 2.05) is 0 Å². The van der Waals surface area contributed by atoms with Crippen molar-refractivity contribution < 1.29 is 15.0 Å². The molecule has 2 rings (SSSR count). The van der Waals surface area contributed by atoms with Gasteiger partial charge in [-0.2, -0.15) is 0 Å². The van der Waals surface area contributed by atoms with Gasteiger partial charge in [-0.15, -0.1) is 0 Å². The van der Waals surface area contributed by atoms with E-state index in [1.165, 1.54) is 0 Å². The molecule has 2 fully saturated rings. The molecule has 0 saturated heterocycles. The zero-order chi connectivity index (χ0) is 13.1. The second-order valence-corrected chi connectivity index (χ2v) is 6.20. The van der Waals surface area contributed by atoms with Crippen LogP contribution in [0.25, 0.3) is 0 Å². The summed E-state index contributed by atoms with van der Waals surface area (Å²) >= 11 is 0. The fourth-order valence-electron chi connectivity index (χ4n) is 3.59. The third-order valence-electron chi connectivity index (χ3n) is 4.84. The minimum atomic E-state index is -0.632. The number of carboxylic acid groups (broad SMARTS) is 1. The number of hydrogen-bond acceptors (Lipinski definition) is 3. The Morgan fingerprint density at radius 2 is 1.67 bits per heavy atom. The zero-order valence-electron chi connectivity index (χ0n) is 10.9. The number of rotatable bonds is 3. The number of carbonyl (C=O) groups is 1. The summed E-state index contributed by atoms with van der Waals surface area (Å²) in [5.74, 6) is 0.498. The molecule has 0 bridgehead atoms. The van der Waals surface area contributed by atoms with Gasteiger partial charge >= 0.3 is 5.97 Å². The van der Waals surface area contributed by atoms with Gasteiger partial charge in [0.15, 0.2) is 0 Å². The van der Waals surface area contributed by atoms with Gasteiger partial charge in [-0.1, -0.05) is 0 Å². The molecule has 0 amide bonds. The molecule has 0 aromatic heterocycles. The molecule has 2 saturated carbocycles. The summed E-state index contributed by atoms with van der Waals surface area (Å²) in [4.78, 5) is 10.9. The van der Waals surface area contributed by atoms with Crippen LogP contribution in [0.5, 0.6) is 0 Å². The topological polar surface area (TPSA) is 83.6 Å². The van der Waals surface area contributed by atoms with E-state index in [4.69, 9.17) is 10.8 Å². The SMILES string of the molecule is NC1CCC(CC2CCC(C(=O)O)CC2)CC1O. The minimum Gasteiger partial charge on any atom is -0.481 e. The Hall–Kier alpha value is -0.610. The average Bonchev–Trinajstić information content (AvgIpc) is 2.34. The predicted octanol–water partition coefficient (Wildman–Crippen LogP) is 1.76. The standard InChI is InChI=1S/C14H25NO3/c15-12-6-3-10(8-13(12)16)7-9-1-4-11(5-2-9)14(17)18/h9-13,16H,1-8,15H2,(H,17,18). The second kappa shape index (κ2) is 6.02. The molecule has 4 N–H and O–H groups in total. The third-order valence-corrected chi connectivity index (χ3v) is 4.84. The van der Waals surface area contributed by atoms with Gasteiger partial charge in [0.2, 0.25) is 0 Å². The quantitative estimate of drug-likeness (QED) is 0.717. The highest BCUT2D eigenvalue weighted by molar-refractivity contribution is 5.69. The minimum absolute atomic E-state index is 0.0380. The molecule has 4 heteroatoms. The van der Waals surface area contributed by atoms with Gasteiger partial charge in [0.1, 0.15) is 0 Å². The van der Waals surface area contributed by atoms with Gasteiger partial charge in [-0.05, 0) is 63.2 Å². The maximum absolute atomic E-state index is 10.9. The number of aliphatic hydroxyl groups excluding tert-OH is 1. The molecule has 0 spiro atoms. The number of hydrogen-bond donors (Lipinski definition) is 3. The van der Waals surface area contributed by atoms with Crippen LogP contribution < -0.4 is 5.73 Å². The molecule has 2 aliphatic carbocycles. The summed E-state index contributed by atoms with van der Waals surface area (Å²) in [6, 6.07) is -0.0380. The van der Waals surface area contributed by atoms with E-state index < -0.39 is 5.97 Å². The summed E-state index contributed by atoms with van der Waals surface area (Å²) in [5.41, 5.74) is 5.81. The Bertz CT molecular complexity index is 287. The van der Waals surface area contributed by atoms with Crippen LogP contribution in [0.3, 0.4) is 0 Å². The molecule has 3 unspecified atom stereocenters. The lowest BCUT2D eigenvalue weighted by Crippen LogP contribution is -2.40. The van der Waals surface area contributed by atoms with Crippen LogP contribution in [0.1, 0.15) is 51.4 Å². The first kappa shape index (κ1) is 13.8. The van der Waals surface area contributed by atoms with E-state index >= 15 is 0 Å². The van der Waals surface area contributed by atoms with E-state index in [0.29, 0.717) is 11.8 Å². The van der Waals surface area contributed by atoms with E-state index in [2.05, 4.69) is 0 Å². The molecule has 4 nitrogen and oxygen atoms in total. The van der Waals surface area contributed by atoms with Crippen molar-refractivity contribution >= 4 is 5.97 Å². The molecular weight excluding hydrogens is 230 g/mol. The van der Waals surface area contributed by atoms with Crippen LogP contribution in [0.2, 0.25) is 0 Å². The van der Waals surface area contributed by atoms with Crippen LogP contribution in [-0.4, -0.2) is 28.3 Å². The van der Waals surface area contributed by atoms with E-state index in [9.17, 15) is 9.90 Å². The van der Waals surface area contributed by atoms with E-state index in [1.54, 1.807) is 0 Å². The Morgan fingerprint density at radius 1 is 1.06 bits per heavy atom. The average molecular weight is 255 g/mol. The normalized spacial score (nSPS) is 41.6. The van der Waals surface area contributed by atoms with Gasteiger partial charge in [0.05, 0.1) is 12.0 Å². The highest BCUT2D eigenvalue weighted by Gasteiger charge is 2.31. The number of aliphatic carboxylic acids is 1. The summed E-state index contributed by atoms with van der Waals surface area (Å²) in [5, 5.41) is 18.8. The molecule has 2 aliphatic rings. The zero-order valence-corrected chi connectivity index (χ0v) is 10.9. The maximum Gasteiger partial charge on any atom is 0.306 e. The van der Waals surface area contributed by atoms with Gasteiger partial charge in [0, 0.05) is 6.04 Å². The summed E-state index contributed by atoms with van der Waals surface area (Å²) in [6.45, 7) is 0. The van der Waals surface area contributed by atoms with E-state index in [0.717, 1.165) is 51.4 Å². The lowest BCUT2D eigenvalue weighted by atomic mass is 9.74. The largest absolute Gasteiger partial charge is 0.481 e. The smallest absolute Gasteiger partial charge is 0.306 e. The highest BCUT2D eigenvalue weighted by Crippen LogP contribution is 2.36. The first-order valence-electron chi connectivity index (χ1n) is 7.22. The number of carboxylic acids is 1. The van der Waals surface area contributed by atoms with Gasteiger partial charge in [-0.25, -0.2) is 0 Å². The monoisotopic (exact) mass is 255 g/mol. The Morgan fingerprint density at radius 3 is 2.22 bits per heavy atom. The summed E-state index contributed by atoms with van der Waals surface area (Å²) in [7, 11) is 0. The van der Waals surface area contributed by atoms with Crippen LogP contribution in [-0.2, 0) is 4.79 Å². The molecule has 0 aromatic carbocycles. The van der Waals surface area contributed by atoms with Crippen molar-refractivity contribution in [3.05, 3.63) is 0 Å². The van der Waals surface area contributed by atoms with Crippen molar-refractivity contribution in [3.8, 4) is 0 Å². The summed E-state index contributed by atoms with van der Waals surface area (Å²) < 4.78 is 0. The van der Waals surface area contributed by atoms with Crippen molar-refractivity contribution in [3.63, 3.8) is 0 Å². The van der Waals surface area contributed by atoms with Crippen molar-refractivity contribution in [2.24, 2.45) is 23.5 Å². The van der Waals surface area contributed by atoms with Crippen LogP contribution in [0, 0.1) is 17.8 Å². The molecule has 104 valence electrons. The molecule has 0 radical (unpaired) electrons. The molecular formula is C14H25NO3. The fourth-order valence-corrected chi connectivity index (χ4v) is 3.59. The first-order valence-corrected chi connectivity index (χ1v) is 7.22. The van der Waals surface area contributed by atoms with Crippen LogP contribution in [0.15, 0.2) is 0 Å². The lowest BCUT2D eigenvalue weighted by molar-refractivity contribution is -0.143. The second-order valence-electron chi connectivity index (χ2n) is 6.20. The van der Waals surface area contributed by atoms with E-state index in [-0.39, 0.29) is 18.1 Å².